The predicted molar refractivity (Wildman–Crippen MR) is 69.7 cm³/mol. The number of rotatable bonds is 1. The Morgan fingerprint density at radius 3 is 2.19 bits per heavy atom. The van der Waals surface area contributed by atoms with Crippen molar-refractivity contribution in [1.82, 2.24) is 4.98 Å². The number of hydrogen-bond donors (Lipinski definition) is 0. The quantitative estimate of drug-likeness (QED) is 0.689. The highest BCUT2D eigenvalue weighted by Crippen LogP contribution is 2.32. The predicted octanol–water partition coefficient (Wildman–Crippen LogP) is 5.36. The van der Waals surface area contributed by atoms with Crippen molar-refractivity contribution in [1.29, 1.82) is 0 Å². The van der Waals surface area contributed by atoms with Gasteiger partial charge in [-0.15, -0.1) is 0 Å². The third-order valence-electron chi connectivity index (χ3n) is 2.00. The van der Waals surface area contributed by atoms with Crippen LogP contribution in [0, 0.1) is 0 Å². The SMILES string of the molecule is Clc1cnc(-c2ccc(Cl)c(Cl)c2)c(Cl)c1. The van der Waals surface area contributed by atoms with Crippen molar-refractivity contribution >= 4 is 46.4 Å². The second kappa shape index (κ2) is 4.80. The lowest BCUT2D eigenvalue weighted by Gasteiger charge is -2.05. The average molecular weight is 293 g/mol. The van der Waals surface area contributed by atoms with Gasteiger partial charge in [-0.05, 0) is 18.2 Å². The van der Waals surface area contributed by atoms with E-state index in [9.17, 15) is 0 Å². The first-order valence-corrected chi connectivity index (χ1v) is 5.85. The molecule has 1 aromatic heterocycles. The van der Waals surface area contributed by atoms with Gasteiger partial charge in [0.1, 0.15) is 0 Å². The smallest absolute Gasteiger partial charge is 0.0889 e. The topological polar surface area (TPSA) is 12.9 Å². The zero-order valence-electron chi connectivity index (χ0n) is 7.85. The first-order chi connectivity index (χ1) is 7.58. The van der Waals surface area contributed by atoms with Crippen molar-refractivity contribution in [3.8, 4) is 11.3 Å². The van der Waals surface area contributed by atoms with Crippen LogP contribution in [0.1, 0.15) is 0 Å². The molecule has 0 atom stereocenters. The number of benzene rings is 1. The van der Waals surface area contributed by atoms with E-state index in [0.717, 1.165) is 5.56 Å². The van der Waals surface area contributed by atoms with Crippen molar-refractivity contribution in [2.75, 3.05) is 0 Å². The van der Waals surface area contributed by atoms with E-state index in [-0.39, 0.29) is 0 Å². The third kappa shape index (κ3) is 2.44. The lowest BCUT2D eigenvalue weighted by Crippen LogP contribution is -1.85. The molecule has 16 heavy (non-hydrogen) atoms. The molecule has 5 heteroatoms. The van der Waals surface area contributed by atoms with Crippen molar-refractivity contribution < 1.29 is 0 Å². The van der Waals surface area contributed by atoms with Gasteiger partial charge in [0.2, 0.25) is 0 Å². The van der Waals surface area contributed by atoms with Crippen LogP contribution in [0.25, 0.3) is 11.3 Å². The molecule has 0 aliphatic carbocycles. The molecular weight excluding hydrogens is 288 g/mol. The maximum Gasteiger partial charge on any atom is 0.0889 e. The van der Waals surface area contributed by atoms with E-state index < -0.39 is 0 Å². The molecule has 0 fully saturated rings. The number of hydrogen-bond acceptors (Lipinski definition) is 1. The monoisotopic (exact) mass is 291 g/mol. The van der Waals surface area contributed by atoms with Crippen LogP contribution in [-0.4, -0.2) is 4.98 Å². The Morgan fingerprint density at radius 1 is 0.812 bits per heavy atom. The summed E-state index contributed by atoms with van der Waals surface area (Å²) in [6.45, 7) is 0. The van der Waals surface area contributed by atoms with Crippen LogP contribution < -0.4 is 0 Å². The summed E-state index contributed by atoms with van der Waals surface area (Å²) in [6, 6.07) is 6.85. The van der Waals surface area contributed by atoms with Crippen LogP contribution in [-0.2, 0) is 0 Å². The van der Waals surface area contributed by atoms with Crippen LogP contribution >= 0.6 is 46.4 Å². The van der Waals surface area contributed by atoms with Gasteiger partial charge in [-0.25, -0.2) is 0 Å². The summed E-state index contributed by atoms with van der Waals surface area (Å²) < 4.78 is 0. The molecule has 0 amide bonds. The highest BCUT2D eigenvalue weighted by atomic mass is 35.5. The van der Waals surface area contributed by atoms with Gasteiger partial charge in [0.25, 0.3) is 0 Å². The molecule has 0 saturated heterocycles. The van der Waals surface area contributed by atoms with Crippen molar-refractivity contribution in [2.24, 2.45) is 0 Å². The number of pyridine rings is 1. The van der Waals surface area contributed by atoms with Gasteiger partial charge in [-0.2, -0.15) is 0 Å². The first kappa shape index (κ1) is 12.0. The number of nitrogens with zero attached hydrogens (tertiary/aromatic N) is 1. The summed E-state index contributed by atoms with van der Waals surface area (Å²) in [5.74, 6) is 0. The van der Waals surface area contributed by atoms with Crippen LogP contribution in [0.5, 0.6) is 0 Å². The summed E-state index contributed by atoms with van der Waals surface area (Å²) in [5.41, 5.74) is 1.43. The van der Waals surface area contributed by atoms with E-state index >= 15 is 0 Å². The molecule has 2 aromatic rings. The van der Waals surface area contributed by atoms with E-state index in [4.69, 9.17) is 46.4 Å². The molecule has 1 nitrogen and oxygen atoms in total. The summed E-state index contributed by atoms with van der Waals surface area (Å²) in [4.78, 5) is 4.15. The Hall–Kier alpha value is -0.470. The van der Waals surface area contributed by atoms with Crippen LogP contribution in [0.4, 0.5) is 0 Å². The molecule has 82 valence electrons. The molecule has 0 radical (unpaired) electrons. The Morgan fingerprint density at radius 2 is 1.56 bits per heavy atom. The molecule has 0 bridgehead atoms. The lowest BCUT2D eigenvalue weighted by atomic mass is 10.1. The van der Waals surface area contributed by atoms with Gasteiger partial charge in [0, 0.05) is 11.8 Å². The number of halogens is 4. The molecule has 0 N–H and O–H groups in total. The maximum atomic E-state index is 6.03. The van der Waals surface area contributed by atoms with Crippen molar-refractivity contribution in [3.63, 3.8) is 0 Å². The second-order valence-electron chi connectivity index (χ2n) is 3.11. The fourth-order valence-electron chi connectivity index (χ4n) is 1.27. The molecule has 0 spiro atoms. The summed E-state index contributed by atoms with van der Waals surface area (Å²) in [6.07, 6.45) is 1.53. The van der Waals surface area contributed by atoms with Gasteiger partial charge in [0.15, 0.2) is 0 Å². The summed E-state index contributed by atoms with van der Waals surface area (Å²) in [5, 5.41) is 1.93. The molecule has 1 aromatic carbocycles. The minimum atomic E-state index is 0.465. The van der Waals surface area contributed by atoms with Crippen molar-refractivity contribution in [2.45, 2.75) is 0 Å². The fraction of sp³-hybridized carbons (Fsp3) is 0. The van der Waals surface area contributed by atoms with Crippen LogP contribution in [0.15, 0.2) is 30.5 Å². The Kier molecular flexibility index (Phi) is 3.60. The minimum Gasteiger partial charge on any atom is -0.253 e. The normalized spacial score (nSPS) is 10.5. The van der Waals surface area contributed by atoms with Gasteiger partial charge < -0.3 is 0 Å². The zero-order chi connectivity index (χ0) is 11.7. The van der Waals surface area contributed by atoms with Gasteiger partial charge >= 0.3 is 0 Å². The standard InChI is InChI=1S/C11H5Cl4N/c12-7-4-10(15)11(16-5-7)6-1-2-8(13)9(14)3-6/h1-5H. The highest BCUT2D eigenvalue weighted by Gasteiger charge is 2.07. The second-order valence-corrected chi connectivity index (χ2v) is 4.77. The van der Waals surface area contributed by atoms with Gasteiger partial charge in [0.05, 0.1) is 25.8 Å². The maximum absolute atomic E-state index is 6.03. The van der Waals surface area contributed by atoms with E-state index in [2.05, 4.69) is 4.98 Å². The number of aromatic nitrogens is 1. The molecule has 0 aliphatic heterocycles. The molecule has 1 heterocycles. The van der Waals surface area contributed by atoms with Crippen LogP contribution in [0.2, 0.25) is 20.1 Å². The Balaban J connectivity index is 2.54. The Bertz CT molecular complexity index is 540. The van der Waals surface area contributed by atoms with E-state index in [1.165, 1.54) is 6.20 Å². The molecule has 0 unspecified atom stereocenters. The highest BCUT2D eigenvalue weighted by molar-refractivity contribution is 6.42. The third-order valence-corrected chi connectivity index (χ3v) is 3.23. The van der Waals surface area contributed by atoms with Crippen molar-refractivity contribution in [3.05, 3.63) is 50.6 Å². The molecule has 0 saturated carbocycles. The fourth-order valence-corrected chi connectivity index (χ4v) is 2.06. The van der Waals surface area contributed by atoms with E-state index in [1.807, 2.05) is 0 Å². The van der Waals surface area contributed by atoms with Crippen LogP contribution in [0.3, 0.4) is 0 Å². The first-order valence-electron chi connectivity index (χ1n) is 4.34. The van der Waals surface area contributed by atoms with Gasteiger partial charge in [-0.1, -0.05) is 52.5 Å². The van der Waals surface area contributed by atoms with E-state index in [1.54, 1.807) is 24.3 Å². The molecule has 0 aliphatic rings. The molecular formula is C11H5Cl4N. The summed E-state index contributed by atoms with van der Waals surface area (Å²) >= 11 is 23.5. The largest absolute Gasteiger partial charge is 0.253 e. The van der Waals surface area contributed by atoms with Gasteiger partial charge in [-0.3, -0.25) is 4.98 Å². The zero-order valence-corrected chi connectivity index (χ0v) is 10.9. The summed E-state index contributed by atoms with van der Waals surface area (Å²) in [7, 11) is 0. The molecule has 2 rings (SSSR count). The lowest BCUT2D eigenvalue weighted by molar-refractivity contribution is 1.33. The van der Waals surface area contributed by atoms with E-state index in [0.29, 0.717) is 25.8 Å². The minimum absolute atomic E-state index is 0.465. The Labute approximate surface area is 113 Å². The average Bonchev–Trinajstić information content (AvgIpc) is 2.22.